The van der Waals surface area contributed by atoms with Crippen LogP contribution in [0, 0.1) is 0 Å². The third kappa shape index (κ3) is 1.57. The van der Waals surface area contributed by atoms with Crippen LogP contribution in [0.5, 0.6) is 0 Å². The van der Waals surface area contributed by atoms with Gasteiger partial charge in [0.25, 0.3) is 0 Å². The molecule has 96 valence electrons. The molecule has 1 amide bonds. The number of ether oxygens (including phenoxy) is 1. The lowest BCUT2D eigenvalue weighted by molar-refractivity contribution is -0.00620. The van der Waals surface area contributed by atoms with Gasteiger partial charge in [0.05, 0.1) is 6.26 Å². The maximum atomic E-state index is 10.9. The van der Waals surface area contributed by atoms with Crippen LogP contribution in [0.1, 0.15) is 12.8 Å². The Labute approximate surface area is 104 Å². The Balaban J connectivity index is 1.81. The second-order valence-corrected chi connectivity index (χ2v) is 4.69. The van der Waals surface area contributed by atoms with Crippen LogP contribution in [0.25, 0.3) is 0 Å². The summed E-state index contributed by atoms with van der Waals surface area (Å²) < 4.78 is 5.77. The molecule has 0 radical (unpaired) electrons. The molecule has 0 aromatic carbocycles. The van der Waals surface area contributed by atoms with Gasteiger partial charge in [-0.25, -0.2) is 9.86 Å². The van der Waals surface area contributed by atoms with Crippen molar-refractivity contribution in [2.24, 2.45) is 0 Å². The second kappa shape index (κ2) is 3.78. The molecule has 0 aromatic rings. The zero-order valence-electron chi connectivity index (χ0n) is 9.74. The van der Waals surface area contributed by atoms with Gasteiger partial charge in [0.2, 0.25) is 0 Å². The number of amides is 1. The van der Waals surface area contributed by atoms with E-state index in [9.17, 15) is 10.0 Å². The minimum absolute atomic E-state index is 0.447. The number of rotatable bonds is 0. The van der Waals surface area contributed by atoms with E-state index < -0.39 is 11.7 Å². The standard InChI is InChI=1S/C12H14N2O4/c15-11(16)13-5-2-12(3-6-13)10-7-14(17)4-1-9(10)8-18-12/h1,4,7-8,17H,2-3,5-6H2,(H,15,16). The molecule has 0 unspecified atom stereocenters. The van der Waals surface area contributed by atoms with Crippen LogP contribution in [0.4, 0.5) is 4.79 Å². The molecule has 0 aromatic heterocycles. The fraction of sp³-hybridized carbons (Fsp3) is 0.417. The number of hydrogen-bond donors (Lipinski definition) is 2. The second-order valence-electron chi connectivity index (χ2n) is 4.69. The molecule has 3 rings (SSSR count). The van der Waals surface area contributed by atoms with Crippen LogP contribution in [0.2, 0.25) is 0 Å². The number of carbonyl (C=O) groups is 1. The van der Waals surface area contributed by atoms with Crippen molar-refractivity contribution in [2.75, 3.05) is 13.1 Å². The Morgan fingerprint density at radius 3 is 2.78 bits per heavy atom. The molecule has 3 heterocycles. The van der Waals surface area contributed by atoms with Gasteiger partial charge >= 0.3 is 6.09 Å². The largest absolute Gasteiger partial charge is 0.489 e. The van der Waals surface area contributed by atoms with Crippen LogP contribution in [0.15, 0.2) is 35.9 Å². The van der Waals surface area contributed by atoms with Gasteiger partial charge in [0, 0.05) is 49.5 Å². The fourth-order valence-electron chi connectivity index (χ4n) is 2.67. The number of carboxylic acid groups (broad SMARTS) is 1. The van der Waals surface area contributed by atoms with Gasteiger partial charge in [-0.1, -0.05) is 0 Å². The van der Waals surface area contributed by atoms with E-state index in [1.165, 1.54) is 4.90 Å². The number of allylic oxidation sites excluding steroid dienone is 1. The summed E-state index contributed by atoms with van der Waals surface area (Å²) in [6.07, 6.45) is 6.97. The third-order valence-electron chi connectivity index (χ3n) is 3.72. The molecule has 1 saturated heterocycles. The number of fused-ring (bicyclic) bond motifs is 2. The van der Waals surface area contributed by atoms with Gasteiger partial charge in [-0.05, 0) is 6.08 Å². The lowest BCUT2D eigenvalue weighted by Crippen LogP contribution is -2.47. The van der Waals surface area contributed by atoms with E-state index in [0.717, 1.165) is 16.2 Å². The van der Waals surface area contributed by atoms with Crippen molar-refractivity contribution in [3.8, 4) is 0 Å². The number of hydroxylamine groups is 2. The van der Waals surface area contributed by atoms with E-state index in [0.29, 0.717) is 25.9 Å². The minimum atomic E-state index is -0.891. The van der Waals surface area contributed by atoms with E-state index in [2.05, 4.69) is 0 Å². The van der Waals surface area contributed by atoms with Crippen LogP contribution in [0.3, 0.4) is 0 Å². The third-order valence-corrected chi connectivity index (χ3v) is 3.72. The first-order chi connectivity index (χ1) is 8.61. The van der Waals surface area contributed by atoms with Gasteiger partial charge in [0.15, 0.2) is 0 Å². The smallest absolute Gasteiger partial charge is 0.407 e. The maximum absolute atomic E-state index is 10.9. The highest BCUT2D eigenvalue weighted by atomic mass is 16.5. The van der Waals surface area contributed by atoms with Crippen LogP contribution in [-0.4, -0.2) is 45.1 Å². The van der Waals surface area contributed by atoms with Crippen molar-refractivity contribution in [3.63, 3.8) is 0 Å². The Morgan fingerprint density at radius 2 is 2.11 bits per heavy atom. The van der Waals surface area contributed by atoms with Crippen molar-refractivity contribution in [2.45, 2.75) is 18.4 Å². The molecule has 2 N–H and O–H groups in total. The molecule has 0 saturated carbocycles. The quantitative estimate of drug-likeness (QED) is 0.681. The van der Waals surface area contributed by atoms with E-state index in [4.69, 9.17) is 9.84 Å². The first-order valence-corrected chi connectivity index (χ1v) is 5.85. The highest BCUT2D eigenvalue weighted by Gasteiger charge is 2.45. The van der Waals surface area contributed by atoms with Crippen LogP contribution < -0.4 is 0 Å². The summed E-state index contributed by atoms with van der Waals surface area (Å²) in [4.78, 5) is 12.3. The molecule has 6 heteroatoms. The van der Waals surface area contributed by atoms with Crippen molar-refractivity contribution in [1.82, 2.24) is 9.96 Å². The van der Waals surface area contributed by atoms with Crippen molar-refractivity contribution in [3.05, 3.63) is 35.9 Å². The van der Waals surface area contributed by atoms with Gasteiger partial charge < -0.3 is 14.7 Å². The summed E-state index contributed by atoms with van der Waals surface area (Å²) in [6.45, 7) is 0.895. The lowest BCUT2D eigenvalue weighted by Gasteiger charge is -2.39. The molecule has 0 atom stereocenters. The summed E-state index contributed by atoms with van der Waals surface area (Å²) in [5, 5.41) is 19.4. The number of hydrogen-bond acceptors (Lipinski definition) is 4. The number of piperidine rings is 1. The Kier molecular flexibility index (Phi) is 2.34. The molecule has 3 aliphatic rings. The Bertz CT molecular complexity index is 472. The average Bonchev–Trinajstić information content (AvgIpc) is 2.69. The normalized spacial score (nSPS) is 24.5. The molecule has 3 aliphatic heterocycles. The van der Waals surface area contributed by atoms with Crippen molar-refractivity contribution < 1.29 is 19.8 Å². The lowest BCUT2D eigenvalue weighted by atomic mass is 9.82. The van der Waals surface area contributed by atoms with Crippen LogP contribution in [-0.2, 0) is 4.74 Å². The van der Waals surface area contributed by atoms with E-state index in [1.54, 1.807) is 24.7 Å². The molecule has 6 nitrogen and oxygen atoms in total. The fourth-order valence-corrected chi connectivity index (χ4v) is 2.67. The highest BCUT2D eigenvalue weighted by molar-refractivity contribution is 5.65. The van der Waals surface area contributed by atoms with Gasteiger partial charge in [0.1, 0.15) is 5.60 Å². The molecule has 1 fully saturated rings. The first kappa shape index (κ1) is 11.2. The van der Waals surface area contributed by atoms with E-state index >= 15 is 0 Å². The number of likely N-dealkylation sites (tertiary alicyclic amines) is 1. The van der Waals surface area contributed by atoms with E-state index in [1.807, 2.05) is 0 Å². The number of nitrogens with zero attached hydrogens (tertiary/aromatic N) is 2. The van der Waals surface area contributed by atoms with Gasteiger partial charge in [-0.2, -0.15) is 0 Å². The van der Waals surface area contributed by atoms with Crippen molar-refractivity contribution >= 4 is 6.09 Å². The average molecular weight is 250 g/mol. The summed E-state index contributed by atoms with van der Waals surface area (Å²) >= 11 is 0. The SMILES string of the molecule is O=C(O)N1CCC2(CC1)OC=C1C=CN(O)C=C12. The topological polar surface area (TPSA) is 73.2 Å². The van der Waals surface area contributed by atoms with Gasteiger partial charge in [-0.3, -0.25) is 5.21 Å². The Hall–Kier alpha value is -1.95. The molecule has 18 heavy (non-hydrogen) atoms. The van der Waals surface area contributed by atoms with Crippen molar-refractivity contribution in [1.29, 1.82) is 0 Å². The summed E-state index contributed by atoms with van der Waals surface area (Å²) in [5.41, 5.74) is 1.40. The van der Waals surface area contributed by atoms with Crippen LogP contribution >= 0.6 is 0 Å². The highest BCUT2D eigenvalue weighted by Crippen LogP contribution is 2.44. The summed E-state index contributed by atoms with van der Waals surface area (Å²) in [7, 11) is 0. The molecule has 0 aliphatic carbocycles. The molecular formula is C12H14N2O4. The first-order valence-electron chi connectivity index (χ1n) is 5.85. The molecule has 0 bridgehead atoms. The monoisotopic (exact) mass is 250 g/mol. The maximum Gasteiger partial charge on any atom is 0.407 e. The zero-order chi connectivity index (χ0) is 12.8. The Morgan fingerprint density at radius 1 is 1.39 bits per heavy atom. The predicted molar refractivity (Wildman–Crippen MR) is 61.6 cm³/mol. The molecular weight excluding hydrogens is 236 g/mol. The summed E-state index contributed by atoms with van der Waals surface area (Å²) in [5.74, 6) is 0. The minimum Gasteiger partial charge on any atom is -0.489 e. The summed E-state index contributed by atoms with van der Waals surface area (Å²) in [6, 6.07) is 0. The molecule has 1 spiro atoms. The van der Waals surface area contributed by atoms with E-state index in [-0.39, 0.29) is 0 Å². The zero-order valence-corrected chi connectivity index (χ0v) is 9.74. The predicted octanol–water partition coefficient (Wildman–Crippen LogP) is 1.52. The van der Waals surface area contributed by atoms with Gasteiger partial charge in [-0.15, -0.1) is 0 Å².